The predicted octanol–water partition coefficient (Wildman–Crippen LogP) is -0.166. The molecule has 0 bridgehead atoms. The number of allylic oxidation sites excluding steroid dienone is 2. The number of Topliss-reactive ketones (excluding diaryl/α,β-unsaturated/α-hetero) is 1. The van der Waals surface area contributed by atoms with Crippen molar-refractivity contribution in [2.45, 2.75) is 31.0 Å². The number of aliphatic hydroxyl groups is 1. The van der Waals surface area contributed by atoms with Crippen LogP contribution in [0, 0.1) is 0 Å². The highest BCUT2D eigenvalue weighted by atomic mass is 16.3. The maximum Gasteiger partial charge on any atom is 0.173 e. The predicted molar refractivity (Wildman–Crippen MR) is 61.9 cm³/mol. The Kier molecular flexibility index (Phi) is 2.97. The molecular formula is C12H18N2O2. The van der Waals surface area contributed by atoms with Gasteiger partial charge in [0.1, 0.15) is 5.54 Å². The van der Waals surface area contributed by atoms with Gasteiger partial charge in [-0.3, -0.25) is 9.69 Å². The molecule has 1 fully saturated rings. The van der Waals surface area contributed by atoms with Gasteiger partial charge in [0.2, 0.25) is 0 Å². The molecular weight excluding hydrogens is 204 g/mol. The zero-order chi connectivity index (χ0) is 11.8. The quantitative estimate of drug-likeness (QED) is 0.696. The van der Waals surface area contributed by atoms with Crippen molar-refractivity contribution in [3.63, 3.8) is 0 Å². The van der Waals surface area contributed by atoms with E-state index in [9.17, 15) is 9.90 Å². The number of nitrogens with two attached hydrogens (primary N) is 1. The summed E-state index contributed by atoms with van der Waals surface area (Å²) < 4.78 is 0. The molecule has 4 nitrogen and oxygen atoms in total. The van der Waals surface area contributed by atoms with E-state index >= 15 is 0 Å². The lowest BCUT2D eigenvalue weighted by atomic mass is 9.80. The maximum atomic E-state index is 12.2. The van der Waals surface area contributed by atoms with Gasteiger partial charge in [0.25, 0.3) is 0 Å². The highest BCUT2D eigenvalue weighted by molar-refractivity contribution is 5.95. The first-order valence-corrected chi connectivity index (χ1v) is 5.63. The SMILES string of the molecule is C[C@H](N)C(=O)C1(N2CC(O)C2)C=CC=CC1. The second kappa shape index (κ2) is 4.13. The van der Waals surface area contributed by atoms with Gasteiger partial charge in [-0.1, -0.05) is 24.3 Å². The number of ketones is 1. The fraction of sp³-hybridized carbons (Fsp3) is 0.583. The van der Waals surface area contributed by atoms with Gasteiger partial charge in [-0.2, -0.15) is 0 Å². The average Bonchev–Trinajstić information content (AvgIpc) is 2.24. The Morgan fingerprint density at radius 3 is 2.69 bits per heavy atom. The van der Waals surface area contributed by atoms with Crippen LogP contribution in [0.4, 0.5) is 0 Å². The van der Waals surface area contributed by atoms with Crippen molar-refractivity contribution in [2.24, 2.45) is 5.73 Å². The molecule has 0 saturated carbocycles. The lowest BCUT2D eigenvalue weighted by Crippen LogP contribution is -2.66. The van der Waals surface area contributed by atoms with Crippen molar-refractivity contribution in [3.8, 4) is 0 Å². The first-order valence-electron chi connectivity index (χ1n) is 5.63. The molecule has 16 heavy (non-hydrogen) atoms. The minimum Gasteiger partial charge on any atom is -0.390 e. The van der Waals surface area contributed by atoms with Gasteiger partial charge in [0, 0.05) is 13.1 Å². The van der Waals surface area contributed by atoms with Gasteiger partial charge in [-0.15, -0.1) is 0 Å². The minimum atomic E-state index is -0.623. The summed E-state index contributed by atoms with van der Waals surface area (Å²) in [5.74, 6) is 0.0278. The van der Waals surface area contributed by atoms with E-state index in [-0.39, 0.29) is 11.9 Å². The second-order valence-electron chi connectivity index (χ2n) is 4.63. The van der Waals surface area contributed by atoms with Crippen LogP contribution in [0.15, 0.2) is 24.3 Å². The summed E-state index contributed by atoms with van der Waals surface area (Å²) in [6.45, 7) is 2.82. The molecule has 0 aromatic heterocycles. The Labute approximate surface area is 95.4 Å². The van der Waals surface area contributed by atoms with Crippen LogP contribution in [0.25, 0.3) is 0 Å². The second-order valence-corrected chi connectivity index (χ2v) is 4.63. The minimum absolute atomic E-state index is 0.0278. The molecule has 4 heteroatoms. The normalized spacial score (nSPS) is 32.4. The number of likely N-dealkylation sites (tertiary alicyclic amines) is 1. The van der Waals surface area contributed by atoms with Crippen molar-refractivity contribution in [2.75, 3.05) is 13.1 Å². The molecule has 0 amide bonds. The van der Waals surface area contributed by atoms with Crippen LogP contribution < -0.4 is 5.73 Å². The summed E-state index contributed by atoms with van der Waals surface area (Å²) in [6.07, 6.45) is 8.04. The van der Waals surface area contributed by atoms with Gasteiger partial charge in [-0.05, 0) is 13.3 Å². The molecule has 1 saturated heterocycles. The Balaban J connectivity index is 2.23. The van der Waals surface area contributed by atoms with Gasteiger partial charge >= 0.3 is 0 Å². The molecule has 1 heterocycles. The summed E-state index contributed by atoms with van der Waals surface area (Å²) in [7, 11) is 0. The molecule has 3 N–H and O–H groups in total. The molecule has 0 radical (unpaired) electrons. The zero-order valence-electron chi connectivity index (χ0n) is 9.47. The topological polar surface area (TPSA) is 66.6 Å². The zero-order valence-corrected chi connectivity index (χ0v) is 9.47. The van der Waals surface area contributed by atoms with Crippen LogP contribution in [-0.4, -0.2) is 46.6 Å². The third-order valence-electron chi connectivity index (χ3n) is 3.32. The molecule has 88 valence electrons. The fourth-order valence-electron chi connectivity index (χ4n) is 2.36. The van der Waals surface area contributed by atoms with E-state index in [0.717, 1.165) is 0 Å². The number of β-amino-alcohol motifs (C(OH)–C–C–N with tert-alkyl or cyclic N) is 1. The molecule has 1 aliphatic carbocycles. The highest BCUT2D eigenvalue weighted by Crippen LogP contribution is 2.31. The molecule has 2 aliphatic rings. The molecule has 1 unspecified atom stereocenters. The Morgan fingerprint density at radius 1 is 1.56 bits per heavy atom. The van der Waals surface area contributed by atoms with E-state index < -0.39 is 11.6 Å². The molecule has 1 aliphatic heterocycles. The summed E-state index contributed by atoms with van der Waals surface area (Å²) in [4.78, 5) is 14.2. The number of carbonyl (C=O) groups is 1. The molecule has 0 spiro atoms. The number of carbonyl (C=O) groups excluding carboxylic acids is 1. The summed E-state index contributed by atoms with van der Waals surface area (Å²) >= 11 is 0. The summed E-state index contributed by atoms with van der Waals surface area (Å²) in [5, 5.41) is 9.36. The lowest BCUT2D eigenvalue weighted by Gasteiger charge is -2.49. The third kappa shape index (κ3) is 1.73. The number of rotatable bonds is 3. The first kappa shape index (κ1) is 11.5. The van der Waals surface area contributed by atoms with Crippen molar-refractivity contribution in [1.82, 2.24) is 4.90 Å². The number of aliphatic hydroxyl groups excluding tert-OH is 1. The standard InChI is InChI=1S/C12H18N2O2/c1-9(13)11(16)12(5-3-2-4-6-12)14-7-10(15)8-14/h2-5,9-10,15H,6-8,13H2,1H3/t9-,12?/m0/s1. The monoisotopic (exact) mass is 222 g/mol. The third-order valence-corrected chi connectivity index (χ3v) is 3.32. The number of nitrogens with zero attached hydrogens (tertiary/aromatic N) is 1. The van der Waals surface area contributed by atoms with Crippen LogP contribution in [0.1, 0.15) is 13.3 Å². The Bertz CT molecular complexity index is 343. The van der Waals surface area contributed by atoms with E-state index in [1.54, 1.807) is 6.92 Å². The van der Waals surface area contributed by atoms with Crippen molar-refractivity contribution in [1.29, 1.82) is 0 Å². The van der Waals surface area contributed by atoms with E-state index in [4.69, 9.17) is 5.73 Å². The summed E-state index contributed by atoms with van der Waals surface area (Å²) in [5.41, 5.74) is 5.08. The molecule has 2 rings (SSSR count). The van der Waals surface area contributed by atoms with Crippen LogP contribution in [0.3, 0.4) is 0 Å². The van der Waals surface area contributed by atoms with E-state index in [2.05, 4.69) is 0 Å². The molecule has 2 atom stereocenters. The van der Waals surface area contributed by atoms with Crippen molar-refractivity contribution in [3.05, 3.63) is 24.3 Å². The smallest absolute Gasteiger partial charge is 0.173 e. The van der Waals surface area contributed by atoms with Crippen LogP contribution >= 0.6 is 0 Å². The van der Waals surface area contributed by atoms with Gasteiger partial charge in [-0.25, -0.2) is 0 Å². The van der Waals surface area contributed by atoms with Crippen LogP contribution in [-0.2, 0) is 4.79 Å². The lowest BCUT2D eigenvalue weighted by molar-refractivity contribution is -0.136. The maximum absolute atomic E-state index is 12.2. The van der Waals surface area contributed by atoms with Gasteiger partial charge < -0.3 is 10.8 Å². The van der Waals surface area contributed by atoms with Crippen molar-refractivity contribution >= 4 is 5.78 Å². The van der Waals surface area contributed by atoms with Crippen LogP contribution in [0.2, 0.25) is 0 Å². The first-order chi connectivity index (χ1) is 7.56. The fourth-order valence-corrected chi connectivity index (χ4v) is 2.36. The number of hydrogen-bond acceptors (Lipinski definition) is 4. The largest absolute Gasteiger partial charge is 0.390 e. The highest BCUT2D eigenvalue weighted by Gasteiger charge is 2.47. The Morgan fingerprint density at radius 2 is 2.25 bits per heavy atom. The molecule has 0 aromatic carbocycles. The number of hydrogen-bond donors (Lipinski definition) is 2. The summed E-state index contributed by atoms with van der Waals surface area (Å²) in [6, 6.07) is -0.478. The Hall–Kier alpha value is -0.970. The van der Waals surface area contributed by atoms with Crippen LogP contribution in [0.5, 0.6) is 0 Å². The van der Waals surface area contributed by atoms with Gasteiger partial charge in [0.05, 0.1) is 12.1 Å². The van der Waals surface area contributed by atoms with Gasteiger partial charge in [0.15, 0.2) is 5.78 Å². The van der Waals surface area contributed by atoms with E-state index in [1.165, 1.54) is 0 Å². The molecule has 0 aromatic rings. The van der Waals surface area contributed by atoms with E-state index in [0.29, 0.717) is 19.5 Å². The average molecular weight is 222 g/mol. The van der Waals surface area contributed by atoms with Crippen molar-refractivity contribution < 1.29 is 9.90 Å². The van der Waals surface area contributed by atoms with E-state index in [1.807, 2.05) is 29.2 Å².